The molecule has 1 saturated heterocycles. The fourth-order valence-electron chi connectivity index (χ4n) is 4.11. The minimum Gasteiger partial charge on any atom is -0.367 e. The highest BCUT2D eigenvalue weighted by molar-refractivity contribution is 6.06. The average molecular weight is 476 g/mol. The highest BCUT2D eigenvalue weighted by atomic mass is 19.1. The molecule has 180 valence electrons. The Kier molecular flexibility index (Phi) is 7.13. The predicted molar refractivity (Wildman–Crippen MR) is 134 cm³/mol. The number of amides is 2. The van der Waals surface area contributed by atoms with Gasteiger partial charge in [0.05, 0.1) is 17.7 Å². The largest absolute Gasteiger partial charge is 0.367 e. The molecule has 0 bridgehead atoms. The second-order valence-electron chi connectivity index (χ2n) is 8.13. The molecule has 35 heavy (non-hydrogen) atoms. The van der Waals surface area contributed by atoms with Crippen LogP contribution >= 0.6 is 0 Å². The van der Waals surface area contributed by atoms with Gasteiger partial charge in [-0.2, -0.15) is 0 Å². The van der Waals surface area contributed by atoms with Gasteiger partial charge in [-0.05, 0) is 43.3 Å². The molecule has 1 aromatic heterocycles. The highest BCUT2D eigenvalue weighted by Gasteiger charge is 2.20. The minimum absolute atomic E-state index is 0.0930. The fraction of sp³-hybridized carbons (Fsp3) is 0.269. The number of benzene rings is 2. The third-order valence-electron chi connectivity index (χ3n) is 5.95. The van der Waals surface area contributed by atoms with E-state index in [1.54, 1.807) is 34.9 Å². The third-order valence-corrected chi connectivity index (χ3v) is 5.95. The van der Waals surface area contributed by atoms with Crippen LogP contribution in [0.5, 0.6) is 0 Å². The van der Waals surface area contributed by atoms with E-state index in [-0.39, 0.29) is 23.4 Å². The summed E-state index contributed by atoms with van der Waals surface area (Å²) < 4.78 is 16.8. The zero-order valence-corrected chi connectivity index (χ0v) is 19.4. The van der Waals surface area contributed by atoms with Crippen LogP contribution in [-0.2, 0) is 6.54 Å². The number of carbonyl (C=O) groups excluding carboxylic acids is 2. The second kappa shape index (κ2) is 10.4. The van der Waals surface area contributed by atoms with E-state index in [1.807, 2.05) is 11.8 Å². The van der Waals surface area contributed by atoms with E-state index >= 15 is 4.39 Å². The van der Waals surface area contributed by atoms with Crippen molar-refractivity contribution in [3.8, 4) is 12.3 Å². The lowest BCUT2D eigenvalue weighted by Crippen LogP contribution is -2.43. The van der Waals surface area contributed by atoms with Gasteiger partial charge < -0.3 is 25.4 Å². The first-order chi connectivity index (χ1) is 16.9. The van der Waals surface area contributed by atoms with Crippen molar-refractivity contribution in [2.75, 3.05) is 42.9 Å². The van der Waals surface area contributed by atoms with Crippen molar-refractivity contribution < 1.29 is 14.0 Å². The van der Waals surface area contributed by atoms with Gasteiger partial charge in [0.2, 0.25) is 5.43 Å². The van der Waals surface area contributed by atoms with Crippen LogP contribution in [0, 0.1) is 18.2 Å². The van der Waals surface area contributed by atoms with E-state index in [4.69, 9.17) is 6.42 Å². The number of fused-ring (bicyclic) bond motifs is 1. The van der Waals surface area contributed by atoms with Gasteiger partial charge in [-0.1, -0.05) is 5.92 Å². The molecule has 0 radical (unpaired) electrons. The van der Waals surface area contributed by atoms with Gasteiger partial charge in [0.1, 0.15) is 11.4 Å². The lowest BCUT2D eigenvalue weighted by Gasteiger charge is -2.30. The molecule has 2 amide bonds. The van der Waals surface area contributed by atoms with E-state index in [2.05, 4.69) is 21.9 Å². The van der Waals surface area contributed by atoms with E-state index in [9.17, 15) is 14.4 Å². The molecule has 9 heteroatoms. The maximum atomic E-state index is 15.0. The van der Waals surface area contributed by atoms with Crippen LogP contribution in [0.4, 0.5) is 15.8 Å². The molecule has 1 fully saturated rings. The Bertz CT molecular complexity index is 1370. The summed E-state index contributed by atoms with van der Waals surface area (Å²) in [6.45, 7) is 5.35. The van der Waals surface area contributed by atoms with Gasteiger partial charge in [-0.25, -0.2) is 4.39 Å². The van der Waals surface area contributed by atoms with E-state index in [1.165, 1.54) is 12.3 Å². The number of aromatic nitrogens is 1. The number of hydrogen-bond donors (Lipinski definition) is 3. The van der Waals surface area contributed by atoms with Crippen LogP contribution in [-0.4, -0.2) is 49.1 Å². The van der Waals surface area contributed by atoms with Crippen molar-refractivity contribution in [3.63, 3.8) is 0 Å². The molecule has 1 aliphatic heterocycles. The summed E-state index contributed by atoms with van der Waals surface area (Å²) in [5.74, 6) is 0.889. The lowest BCUT2D eigenvalue weighted by molar-refractivity contribution is 0.0958. The number of nitrogens with one attached hydrogen (secondary N) is 3. The number of nitrogens with zero attached hydrogens (tertiary/aromatic N) is 2. The summed E-state index contributed by atoms with van der Waals surface area (Å²) >= 11 is 0. The topological polar surface area (TPSA) is 95.5 Å². The van der Waals surface area contributed by atoms with Crippen molar-refractivity contribution in [2.45, 2.75) is 13.5 Å². The molecule has 0 unspecified atom stereocenters. The second-order valence-corrected chi connectivity index (χ2v) is 8.13. The summed E-state index contributed by atoms with van der Waals surface area (Å²) in [5, 5.41) is 8.62. The maximum Gasteiger partial charge on any atom is 0.261 e. The molecular weight excluding hydrogens is 449 g/mol. The third kappa shape index (κ3) is 5.03. The number of rotatable bonds is 6. The van der Waals surface area contributed by atoms with Gasteiger partial charge in [0.25, 0.3) is 11.8 Å². The van der Waals surface area contributed by atoms with Gasteiger partial charge in [-0.15, -0.1) is 6.42 Å². The lowest BCUT2D eigenvalue weighted by atomic mass is 10.1. The molecule has 0 atom stereocenters. The summed E-state index contributed by atoms with van der Waals surface area (Å²) in [4.78, 5) is 40.1. The molecule has 0 aliphatic carbocycles. The number of hydrogen-bond acceptors (Lipinski definition) is 5. The van der Waals surface area contributed by atoms with Crippen LogP contribution in [0.25, 0.3) is 10.9 Å². The molecule has 0 spiro atoms. The van der Waals surface area contributed by atoms with Crippen molar-refractivity contribution in [3.05, 3.63) is 69.8 Å². The fourth-order valence-corrected chi connectivity index (χ4v) is 4.11. The highest BCUT2D eigenvalue weighted by Crippen LogP contribution is 2.26. The van der Waals surface area contributed by atoms with Crippen LogP contribution in [0.2, 0.25) is 0 Å². The monoisotopic (exact) mass is 475 g/mol. The molecule has 8 nitrogen and oxygen atoms in total. The van der Waals surface area contributed by atoms with Crippen molar-refractivity contribution in [2.24, 2.45) is 0 Å². The van der Waals surface area contributed by atoms with Crippen LogP contribution in [0.3, 0.4) is 0 Å². The molecular formula is C26H26FN5O3. The van der Waals surface area contributed by atoms with Gasteiger partial charge in [0, 0.05) is 55.6 Å². The minimum atomic E-state index is -0.616. The smallest absolute Gasteiger partial charge is 0.261 e. The van der Waals surface area contributed by atoms with Crippen molar-refractivity contribution in [1.82, 2.24) is 15.2 Å². The number of carbonyl (C=O) groups is 2. The zero-order chi connectivity index (χ0) is 24.9. The molecule has 4 rings (SSSR count). The Morgan fingerprint density at radius 2 is 1.86 bits per heavy atom. The number of terminal acetylenes is 1. The summed E-state index contributed by atoms with van der Waals surface area (Å²) in [6.07, 6.45) is 6.64. The van der Waals surface area contributed by atoms with E-state index < -0.39 is 17.2 Å². The first kappa shape index (κ1) is 24.0. The van der Waals surface area contributed by atoms with Crippen LogP contribution in [0.15, 0.2) is 47.4 Å². The van der Waals surface area contributed by atoms with Gasteiger partial charge in [0.15, 0.2) is 0 Å². The first-order valence-corrected chi connectivity index (χ1v) is 11.4. The molecule has 3 aromatic rings. The number of halogens is 1. The van der Waals surface area contributed by atoms with E-state index in [0.29, 0.717) is 42.1 Å². The van der Waals surface area contributed by atoms with E-state index in [0.717, 1.165) is 13.1 Å². The first-order valence-electron chi connectivity index (χ1n) is 11.4. The standard InChI is InChI=1S/C26H26FN5O3/c1-3-9-29-25(34)17-5-7-18(8-6-17)30-26(35)20-16-31(4-2)22-15-23(32-12-10-28-11-13-32)21(27)14-19(22)24(20)33/h1,5-8,14-16,28H,4,9-13H2,2H3,(H,29,34)(H,30,35). The predicted octanol–water partition coefficient (Wildman–Crippen LogP) is 2.19. The SMILES string of the molecule is C#CCNC(=O)c1ccc(NC(=O)c2cn(CC)c3cc(N4CCNCC4)c(F)cc3c2=O)cc1. The van der Waals surface area contributed by atoms with Crippen molar-refractivity contribution in [1.29, 1.82) is 0 Å². The van der Waals surface area contributed by atoms with Crippen molar-refractivity contribution >= 4 is 34.1 Å². The number of anilines is 2. The van der Waals surface area contributed by atoms with Crippen LogP contribution in [0.1, 0.15) is 27.6 Å². The summed E-state index contributed by atoms with van der Waals surface area (Å²) in [5.41, 5.74) is 1.18. The molecule has 2 heterocycles. The summed E-state index contributed by atoms with van der Waals surface area (Å²) in [6, 6.07) is 9.11. The summed E-state index contributed by atoms with van der Waals surface area (Å²) in [7, 11) is 0. The normalized spacial score (nSPS) is 13.3. The van der Waals surface area contributed by atoms with Gasteiger partial charge in [-0.3, -0.25) is 14.4 Å². The Labute approximate surface area is 202 Å². The molecule has 2 aromatic carbocycles. The number of aryl methyl sites for hydroxylation is 1. The molecule has 0 saturated carbocycles. The Hall–Kier alpha value is -4.16. The number of piperazine rings is 1. The molecule has 1 aliphatic rings. The van der Waals surface area contributed by atoms with Gasteiger partial charge >= 0.3 is 0 Å². The Balaban J connectivity index is 1.63. The number of pyridine rings is 1. The molecule has 3 N–H and O–H groups in total. The average Bonchev–Trinajstić information content (AvgIpc) is 2.88. The maximum absolute atomic E-state index is 15.0. The zero-order valence-electron chi connectivity index (χ0n) is 19.4. The Morgan fingerprint density at radius 3 is 2.51 bits per heavy atom. The Morgan fingerprint density at radius 1 is 1.14 bits per heavy atom. The quantitative estimate of drug-likeness (QED) is 0.475. The van der Waals surface area contributed by atoms with Crippen LogP contribution < -0.4 is 26.3 Å².